The zero-order valence-electron chi connectivity index (χ0n) is 18.3. The van der Waals surface area contributed by atoms with Crippen LogP contribution in [-0.4, -0.2) is 61.9 Å². The third-order valence-corrected chi connectivity index (χ3v) is 5.79. The van der Waals surface area contributed by atoms with Crippen molar-refractivity contribution in [1.82, 2.24) is 14.5 Å². The van der Waals surface area contributed by atoms with Gasteiger partial charge in [0.1, 0.15) is 23.6 Å². The van der Waals surface area contributed by atoms with Crippen molar-refractivity contribution < 1.29 is 28.9 Å². The molecule has 3 N–H and O–H groups in total. The Hall–Kier alpha value is -3.77. The topological polar surface area (TPSA) is 149 Å². The number of nitrogens with zero attached hydrogens (tertiary/aromatic N) is 4. The van der Waals surface area contributed by atoms with E-state index in [2.05, 4.69) is 4.98 Å². The molecule has 11 nitrogen and oxygen atoms in total. The number of carboxylic acids is 1. The number of hydrogen-bond donors (Lipinski definition) is 3. The van der Waals surface area contributed by atoms with Crippen molar-refractivity contribution in [2.24, 2.45) is 0 Å². The van der Waals surface area contributed by atoms with Crippen molar-refractivity contribution in [3.8, 4) is 5.75 Å². The molecule has 0 unspecified atom stereocenters. The molecule has 0 radical (unpaired) electrons. The van der Waals surface area contributed by atoms with E-state index in [1.165, 1.54) is 10.8 Å². The Morgan fingerprint density at radius 1 is 1.21 bits per heavy atom. The maximum atomic E-state index is 15.0. The van der Waals surface area contributed by atoms with Crippen LogP contribution in [0.5, 0.6) is 5.75 Å². The minimum Gasteiger partial charge on any atom is -0.502 e. The molecule has 0 saturated carbocycles. The van der Waals surface area contributed by atoms with Gasteiger partial charge in [-0.2, -0.15) is 0 Å². The first-order valence-electron chi connectivity index (χ1n) is 10.6. The van der Waals surface area contributed by atoms with Gasteiger partial charge in [0, 0.05) is 45.0 Å². The standard InChI is InChI=1S/C22H23FN4O7/c1-2-26-9-14(22(32)33)18(30)13-8-15(23)21(24-20(13)26)27-5-3-25(4-6-27)10-17-19(31)16(29)7-12(11-28)34-17/h7-9,28,31H,2-6,10-11H2,1H3,(H,32,33). The van der Waals surface area contributed by atoms with Crippen LogP contribution in [-0.2, 0) is 19.7 Å². The number of aromatic hydroxyl groups is 1. The van der Waals surface area contributed by atoms with E-state index >= 15 is 0 Å². The molecule has 0 aromatic carbocycles. The Morgan fingerprint density at radius 3 is 2.53 bits per heavy atom. The largest absolute Gasteiger partial charge is 0.502 e. The minimum absolute atomic E-state index is 0.0428. The van der Waals surface area contributed by atoms with E-state index in [-0.39, 0.29) is 34.9 Å². The zero-order chi connectivity index (χ0) is 24.6. The zero-order valence-corrected chi connectivity index (χ0v) is 18.3. The van der Waals surface area contributed by atoms with Crippen LogP contribution in [0.2, 0.25) is 0 Å². The molecule has 1 aliphatic rings. The summed E-state index contributed by atoms with van der Waals surface area (Å²) >= 11 is 0. The predicted molar refractivity (Wildman–Crippen MR) is 119 cm³/mol. The molecule has 3 aromatic heterocycles. The number of carboxylic acid groups (broad SMARTS) is 1. The summed E-state index contributed by atoms with van der Waals surface area (Å²) in [6.07, 6.45) is 1.21. The first-order chi connectivity index (χ1) is 16.2. The van der Waals surface area contributed by atoms with Gasteiger partial charge in [0.2, 0.25) is 16.6 Å². The molecule has 0 aliphatic carbocycles. The summed E-state index contributed by atoms with van der Waals surface area (Å²) in [6, 6.07) is 2.05. The molecule has 12 heteroatoms. The summed E-state index contributed by atoms with van der Waals surface area (Å²) in [5.41, 5.74) is -1.68. The van der Waals surface area contributed by atoms with E-state index < -0.39 is 40.6 Å². The molecular formula is C22H23FN4O7. The second-order valence-corrected chi connectivity index (χ2v) is 7.90. The van der Waals surface area contributed by atoms with Gasteiger partial charge in [-0.15, -0.1) is 0 Å². The van der Waals surface area contributed by atoms with Crippen molar-refractivity contribution in [1.29, 1.82) is 0 Å². The predicted octanol–water partition coefficient (Wildman–Crippen LogP) is 0.727. The number of aliphatic hydroxyl groups is 1. The van der Waals surface area contributed by atoms with E-state index in [4.69, 9.17) is 4.42 Å². The number of halogens is 1. The number of pyridine rings is 2. The molecule has 4 heterocycles. The number of anilines is 1. The third-order valence-electron chi connectivity index (χ3n) is 5.79. The lowest BCUT2D eigenvalue weighted by molar-refractivity contribution is 0.0695. The fourth-order valence-electron chi connectivity index (χ4n) is 3.99. The molecule has 0 atom stereocenters. The molecule has 0 bridgehead atoms. The summed E-state index contributed by atoms with van der Waals surface area (Å²) in [6.45, 7) is 3.36. The van der Waals surface area contributed by atoms with E-state index in [0.29, 0.717) is 32.7 Å². The van der Waals surface area contributed by atoms with Gasteiger partial charge >= 0.3 is 5.97 Å². The lowest BCUT2D eigenvalue weighted by atomic mass is 10.1. The molecule has 0 spiro atoms. The second kappa shape index (κ2) is 9.23. The minimum atomic E-state index is -1.39. The Balaban J connectivity index is 1.58. The van der Waals surface area contributed by atoms with Crippen molar-refractivity contribution in [3.63, 3.8) is 0 Å². The second-order valence-electron chi connectivity index (χ2n) is 7.90. The number of piperazine rings is 1. The lowest BCUT2D eigenvalue weighted by Crippen LogP contribution is -2.46. The summed E-state index contributed by atoms with van der Waals surface area (Å²) in [4.78, 5) is 43.7. The van der Waals surface area contributed by atoms with Crippen LogP contribution in [0.25, 0.3) is 11.0 Å². The molecule has 1 fully saturated rings. The van der Waals surface area contributed by atoms with Crippen LogP contribution in [0, 0.1) is 5.82 Å². The molecular weight excluding hydrogens is 451 g/mol. The summed E-state index contributed by atoms with van der Waals surface area (Å²) in [5, 5.41) is 28.4. The van der Waals surface area contributed by atoms with Gasteiger partial charge in [0.25, 0.3) is 0 Å². The number of carbonyl (C=O) groups is 1. The highest BCUT2D eigenvalue weighted by Gasteiger charge is 2.25. The summed E-state index contributed by atoms with van der Waals surface area (Å²) < 4.78 is 21.8. The quantitative estimate of drug-likeness (QED) is 0.467. The Bertz CT molecular complexity index is 1380. The average molecular weight is 474 g/mol. The number of fused-ring (bicyclic) bond motifs is 1. The van der Waals surface area contributed by atoms with Crippen LogP contribution < -0.4 is 15.8 Å². The van der Waals surface area contributed by atoms with Gasteiger partial charge in [0.15, 0.2) is 17.4 Å². The molecule has 1 aliphatic heterocycles. The maximum Gasteiger partial charge on any atom is 0.341 e. The normalized spacial score (nSPS) is 14.6. The van der Waals surface area contributed by atoms with Crippen molar-refractivity contribution in [2.75, 3.05) is 31.1 Å². The Kier molecular flexibility index (Phi) is 6.35. The lowest BCUT2D eigenvalue weighted by Gasteiger charge is -2.35. The summed E-state index contributed by atoms with van der Waals surface area (Å²) in [5.74, 6) is -2.50. The highest BCUT2D eigenvalue weighted by atomic mass is 19.1. The number of aromatic carboxylic acids is 1. The van der Waals surface area contributed by atoms with Gasteiger partial charge in [-0.1, -0.05) is 0 Å². The van der Waals surface area contributed by atoms with Gasteiger partial charge < -0.3 is 29.2 Å². The Labute approximate surface area is 191 Å². The first-order valence-corrected chi connectivity index (χ1v) is 10.6. The number of hydrogen-bond acceptors (Lipinski definition) is 9. The summed E-state index contributed by atoms with van der Waals surface area (Å²) in [7, 11) is 0. The van der Waals surface area contributed by atoms with Gasteiger partial charge in [-0.25, -0.2) is 14.2 Å². The van der Waals surface area contributed by atoms with Gasteiger partial charge in [-0.3, -0.25) is 14.5 Å². The molecule has 0 amide bonds. The average Bonchev–Trinajstić information content (AvgIpc) is 2.82. The van der Waals surface area contributed by atoms with Crippen LogP contribution in [0.4, 0.5) is 10.2 Å². The SMILES string of the molecule is CCn1cc(C(=O)O)c(=O)c2cc(F)c(N3CCN(Cc4oc(CO)cc(=O)c4O)CC3)nc21. The molecule has 4 rings (SSSR count). The third kappa shape index (κ3) is 4.24. The van der Waals surface area contributed by atoms with Crippen molar-refractivity contribution >= 4 is 22.8 Å². The van der Waals surface area contributed by atoms with Gasteiger partial charge in [0.05, 0.1) is 11.9 Å². The van der Waals surface area contributed by atoms with Gasteiger partial charge in [-0.05, 0) is 13.0 Å². The number of aryl methyl sites for hydroxylation is 1. The van der Waals surface area contributed by atoms with Crippen LogP contribution in [0.1, 0.15) is 28.8 Å². The molecule has 3 aromatic rings. The highest BCUT2D eigenvalue weighted by Crippen LogP contribution is 2.24. The molecule has 1 saturated heterocycles. The van der Waals surface area contributed by atoms with Crippen LogP contribution in [0.3, 0.4) is 0 Å². The monoisotopic (exact) mass is 474 g/mol. The fraction of sp³-hybridized carbons (Fsp3) is 0.364. The van der Waals surface area contributed by atoms with Crippen molar-refractivity contribution in [2.45, 2.75) is 26.6 Å². The molecule has 180 valence electrons. The van der Waals surface area contributed by atoms with Crippen LogP contribution >= 0.6 is 0 Å². The Morgan fingerprint density at radius 2 is 1.91 bits per heavy atom. The van der Waals surface area contributed by atoms with E-state index in [1.54, 1.807) is 11.8 Å². The number of rotatable bonds is 6. The fourth-order valence-corrected chi connectivity index (χ4v) is 3.99. The van der Waals surface area contributed by atoms with Crippen molar-refractivity contribution in [3.05, 3.63) is 61.7 Å². The van der Waals surface area contributed by atoms with E-state index in [0.717, 1.165) is 12.1 Å². The molecule has 34 heavy (non-hydrogen) atoms. The highest BCUT2D eigenvalue weighted by molar-refractivity contribution is 5.92. The van der Waals surface area contributed by atoms with E-state index in [9.17, 15) is 34.1 Å². The van der Waals surface area contributed by atoms with Crippen LogP contribution in [0.15, 0.2) is 32.3 Å². The smallest absolute Gasteiger partial charge is 0.341 e. The number of aliphatic hydroxyl groups excluding tert-OH is 1. The maximum absolute atomic E-state index is 15.0. The van der Waals surface area contributed by atoms with E-state index in [1.807, 2.05) is 4.90 Å². The first kappa shape index (κ1) is 23.4. The number of aromatic nitrogens is 2.